The predicted octanol–water partition coefficient (Wildman–Crippen LogP) is 4.48. The topological polar surface area (TPSA) is 98.9 Å². The van der Waals surface area contributed by atoms with Gasteiger partial charge in [-0.1, -0.05) is 68.4 Å². The molecule has 186 valence electrons. The van der Waals surface area contributed by atoms with Gasteiger partial charge in [0.25, 0.3) is 5.91 Å². The average Bonchev–Trinajstić information content (AvgIpc) is 3.40. The van der Waals surface area contributed by atoms with Crippen molar-refractivity contribution in [2.24, 2.45) is 5.92 Å². The SMILES string of the molecule is CC(C)[C@H](NC(=O)c1ccc(CNCc2ncc[nH]2)cc1)C(=O)N[C@@H](C)c1cccc2ccccc12. The van der Waals surface area contributed by atoms with Crippen LogP contribution in [0, 0.1) is 5.92 Å². The molecule has 0 bridgehead atoms. The van der Waals surface area contributed by atoms with Crippen LogP contribution in [0.25, 0.3) is 10.8 Å². The number of carbonyl (C=O) groups is 2. The van der Waals surface area contributed by atoms with Crippen molar-refractivity contribution in [1.29, 1.82) is 0 Å². The number of benzene rings is 3. The summed E-state index contributed by atoms with van der Waals surface area (Å²) in [4.78, 5) is 33.4. The Labute approximate surface area is 211 Å². The number of hydrogen-bond acceptors (Lipinski definition) is 4. The third-order valence-corrected chi connectivity index (χ3v) is 6.28. The monoisotopic (exact) mass is 483 g/mol. The molecular formula is C29H33N5O2. The third-order valence-electron chi connectivity index (χ3n) is 6.28. The van der Waals surface area contributed by atoms with Gasteiger partial charge in [0, 0.05) is 24.5 Å². The molecule has 0 saturated carbocycles. The van der Waals surface area contributed by atoms with Crippen LogP contribution in [-0.2, 0) is 17.9 Å². The van der Waals surface area contributed by atoms with Gasteiger partial charge in [-0.15, -0.1) is 0 Å². The molecule has 4 aromatic rings. The predicted molar refractivity (Wildman–Crippen MR) is 142 cm³/mol. The van der Waals surface area contributed by atoms with Gasteiger partial charge in [-0.3, -0.25) is 9.59 Å². The lowest BCUT2D eigenvalue weighted by atomic mass is 9.98. The number of aromatic nitrogens is 2. The van der Waals surface area contributed by atoms with E-state index in [1.54, 1.807) is 24.5 Å². The fourth-order valence-electron chi connectivity index (χ4n) is 4.26. The van der Waals surface area contributed by atoms with Crippen molar-refractivity contribution in [3.8, 4) is 0 Å². The van der Waals surface area contributed by atoms with E-state index in [-0.39, 0.29) is 23.8 Å². The zero-order chi connectivity index (χ0) is 25.5. The second-order valence-electron chi connectivity index (χ2n) is 9.33. The van der Waals surface area contributed by atoms with Gasteiger partial charge in [0.15, 0.2) is 0 Å². The molecule has 7 nitrogen and oxygen atoms in total. The number of rotatable bonds is 10. The Hall–Kier alpha value is -3.97. The summed E-state index contributed by atoms with van der Waals surface area (Å²) in [5, 5.41) is 11.6. The molecule has 1 heterocycles. The Bertz CT molecular complexity index is 1290. The number of H-pyrrole nitrogens is 1. The minimum Gasteiger partial charge on any atom is -0.348 e. The fraction of sp³-hybridized carbons (Fsp3) is 0.276. The molecule has 0 aliphatic rings. The second-order valence-corrected chi connectivity index (χ2v) is 9.33. The number of amides is 2. The van der Waals surface area contributed by atoms with Crippen molar-refractivity contribution < 1.29 is 9.59 Å². The zero-order valence-corrected chi connectivity index (χ0v) is 20.9. The van der Waals surface area contributed by atoms with Crippen molar-refractivity contribution in [2.45, 2.75) is 45.9 Å². The largest absolute Gasteiger partial charge is 0.348 e. The van der Waals surface area contributed by atoms with E-state index >= 15 is 0 Å². The smallest absolute Gasteiger partial charge is 0.251 e. The van der Waals surface area contributed by atoms with Gasteiger partial charge >= 0.3 is 0 Å². The van der Waals surface area contributed by atoms with E-state index in [1.807, 2.05) is 57.2 Å². The highest BCUT2D eigenvalue weighted by Crippen LogP contribution is 2.24. The van der Waals surface area contributed by atoms with Crippen LogP contribution in [0.1, 0.15) is 54.1 Å². The minimum absolute atomic E-state index is 0.0706. The Kier molecular flexibility index (Phi) is 8.13. The molecule has 36 heavy (non-hydrogen) atoms. The van der Waals surface area contributed by atoms with E-state index in [4.69, 9.17) is 0 Å². The van der Waals surface area contributed by atoms with Crippen molar-refractivity contribution in [3.63, 3.8) is 0 Å². The van der Waals surface area contributed by atoms with Crippen LogP contribution in [0.15, 0.2) is 79.1 Å². The lowest BCUT2D eigenvalue weighted by molar-refractivity contribution is -0.124. The number of aromatic amines is 1. The molecular weight excluding hydrogens is 450 g/mol. The first-order chi connectivity index (χ1) is 17.4. The van der Waals surface area contributed by atoms with Gasteiger partial charge in [-0.25, -0.2) is 4.98 Å². The molecule has 0 radical (unpaired) electrons. The first kappa shape index (κ1) is 25.1. The summed E-state index contributed by atoms with van der Waals surface area (Å²) in [5.74, 6) is 0.340. The lowest BCUT2D eigenvalue weighted by Gasteiger charge is -2.25. The number of carbonyl (C=O) groups excluding carboxylic acids is 2. The van der Waals surface area contributed by atoms with Crippen LogP contribution in [0.3, 0.4) is 0 Å². The van der Waals surface area contributed by atoms with Crippen molar-refractivity contribution in [1.82, 2.24) is 25.9 Å². The molecule has 4 N–H and O–H groups in total. The summed E-state index contributed by atoms with van der Waals surface area (Å²) in [5.41, 5.74) is 2.62. The minimum atomic E-state index is -0.649. The van der Waals surface area contributed by atoms with E-state index in [9.17, 15) is 9.59 Å². The normalized spacial score (nSPS) is 12.9. The average molecular weight is 484 g/mol. The second kappa shape index (κ2) is 11.6. The first-order valence-electron chi connectivity index (χ1n) is 12.3. The summed E-state index contributed by atoms with van der Waals surface area (Å²) in [6.45, 7) is 7.13. The highest BCUT2D eigenvalue weighted by Gasteiger charge is 2.26. The molecule has 0 spiro atoms. The van der Waals surface area contributed by atoms with Crippen molar-refractivity contribution >= 4 is 22.6 Å². The van der Waals surface area contributed by atoms with Gasteiger partial charge < -0.3 is 20.9 Å². The molecule has 0 unspecified atom stereocenters. The number of imidazole rings is 1. The summed E-state index contributed by atoms with van der Waals surface area (Å²) < 4.78 is 0. The molecule has 3 aromatic carbocycles. The van der Waals surface area contributed by atoms with Crippen LogP contribution in [-0.4, -0.2) is 27.8 Å². The Balaban J connectivity index is 1.36. The Morgan fingerprint density at radius 1 is 0.889 bits per heavy atom. The summed E-state index contributed by atoms with van der Waals surface area (Å²) in [6.07, 6.45) is 3.51. The van der Waals surface area contributed by atoms with Gasteiger partial charge in [-0.2, -0.15) is 0 Å². The fourth-order valence-corrected chi connectivity index (χ4v) is 4.26. The van der Waals surface area contributed by atoms with Gasteiger partial charge in [0.1, 0.15) is 11.9 Å². The molecule has 0 saturated heterocycles. The van der Waals surface area contributed by atoms with Crippen LogP contribution < -0.4 is 16.0 Å². The number of nitrogens with one attached hydrogen (secondary N) is 4. The van der Waals surface area contributed by atoms with Crippen LogP contribution in [0.2, 0.25) is 0 Å². The van der Waals surface area contributed by atoms with E-state index in [2.05, 4.69) is 44.1 Å². The van der Waals surface area contributed by atoms with Crippen molar-refractivity contribution in [3.05, 3.63) is 102 Å². The zero-order valence-electron chi connectivity index (χ0n) is 20.9. The Morgan fingerprint density at radius 3 is 2.36 bits per heavy atom. The standard InChI is InChI=1S/C29H33N5O2/c1-19(2)27(29(36)33-20(3)24-10-6-8-22-7-4-5-9-25(22)24)34-28(35)23-13-11-21(12-14-23)17-30-18-26-31-15-16-32-26/h4-16,19-20,27,30H,17-18H2,1-3H3,(H,31,32)(H,33,36)(H,34,35)/t20-,27-/m0/s1. The molecule has 2 amide bonds. The van der Waals surface area contributed by atoms with Gasteiger partial charge in [0.2, 0.25) is 5.91 Å². The number of nitrogens with zero attached hydrogens (tertiary/aromatic N) is 1. The summed E-state index contributed by atoms with van der Waals surface area (Å²) in [7, 11) is 0. The molecule has 0 aliphatic heterocycles. The maximum Gasteiger partial charge on any atom is 0.251 e. The first-order valence-corrected chi connectivity index (χ1v) is 12.3. The van der Waals surface area contributed by atoms with Crippen LogP contribution >= 0.6 is 0 Å². The maximum atomic E-state index is 13.2. The summed E-state index contributed by atoms with van der Waals surface area (Å²) in [6, 6.07) is 20.8. The Morgan fingerprint density at radius 2 is 1.64 bits per heavy atom. The van der Waals surface area contributed by atoms with E-state index in [0.29, 0.717) is 18.7 Å². The third kappa shape index (κ3) is 6.17. The number of fused-ring (bicyclic) bond motifs is 1. The van der Waals surface area contributed by atoms with Crippen LogP contribution in [0.5, 0.6) is 0 Å². The lowest BCUT2D eigenvalue weighted by Crippen LogP contribution is -2.50. The summed E-state index contributed by atoms with van der Waals surface area (Å²) >= 11 is 0. The molecule has 2 atom stereocenters. The van der Waals surface area contributed by atoms with Gasteiger partial charge in [-0.05, 0) is 46.9 Å². The van der Waals surface area contributed by atoms with E-state index in [1.165, 1.54) is 0 Å². The van der Waals surface area contributed by atoms with E-state index in [0.717, 1.165) is 27.7 Å². The van der Waals surface area contributed by atoms with Crippen molar-refractivity contribution in [2.75, 3.05) is 0 Å². The highest BCUT2D eigenvalue weighted by molar-refractivity contribution is 5.97. The molecule has 0 fully saturated rings. The molecule has 1 aromatic heterocycles. The number of hydrogen-bond donors (Lipinski definition) is 4. The van der Waals surface area contributed by atoms with Crippen LogP contribution in [0.4, 0.5) is 0 Å². The van der Waals surface area contributed by atoms with E-state index < -0.39 is 6.04 Å². The maximum absolute atomic E-state index is 13.2. The van der Waals surface area contributed by atoms with Gasteiger partial charge in [0.05, 0.1) is 12.6 Å². The molecule has 0 aliphatic carbocycles. The molecule has 4 rings (SSSR count). The quantitative estimate of drug-likeness (QED) is 0.267. The molecule has 7 heteroatoms. The highest BCUT2D eigenvalue weighted by atomic mass is 16.2.